The number of furan rings is 1. The summed E-state index contributed by atoms with van der Waals surface area (Å²) in [6, 6.07) is 5.41. The molecule has 24 heavy (non-hydrogen) atoms. The third-order valence-corrected chi connectivity index (χ3v) is 4.46. The Morgan fingerprint density at radius 1 is 1.38 bits per heavy atom. The number of anilines is 1. The van der Waals surface area contributed by atoms with E-state index in [1.807, 2.05) is 12.3 Å². The molecule has 0 spiro atoms. The van der Waals surface area contributed by atoms with Crippen LogP contribution in [0, 0.1) is 5.41 Å². The number of piperidine rings is 1. The van der Waals surface area contributed by atoms with Gasteiger partial charge in [-0.15, -0.1) is 0 Å². The summed E-state index contributed by atoms with van der Waals surface area (Å²) in [6.07, 6.45) is 5.85. The van der Waals surface area contributed by atoms with Gasteiger partial charge in [-0.25, -0.2) is 0 Å². The summed E-state index contributed by atoms with van der Waals surface area (Å²) in [4.78, 5) is 17.7. The van der Waals surface area contributed by atoms with Crippen molar-refractivity contribution >= 4 is 11.7 Å². The second-order valence-electron chi connectivity index (χ2n) is 7.89. The monoisotopic (exact) mass is 329 g/mol. The van der Waals surface area contributed by atoms with E-state index < -0.39 is 0 Å². The SMILES string of the molecule is CC(C)(C)CN1CCC(c2c[nH]c(NC(=O)c3ccco3)c2)CC1. The van der Waals surface area contributed by atoms with Crippen LogP contribution in [0.25, 0.3) is 0 Å². The van der Waals surface area contributed by atoms with Crippen LogP contribution in [-0.2, 0) is 0 Å². The van der Waals surface area contributed by atoms with Gasteiger partial charge in [0.25, 0.3) is 5.91 Å². The zero-order valence-corrected chi connectivity index (χ0v) is 14.8. The summed E-state index contributed by atoms with van der Waals surface area (Å²) in [5, 5.41) is 2.84. The number of carbonyl (C=O) groups is 1. The van der Waals surface area contributed by atoms with Gasteiger partial charge in [0.15, 0.2) is 5.76 Å². The molecule has 1 saturated heterocycles. The fourth-order valence-electron chi connectivity index (χ4n) is 3.41. The Labute approximate surface area is 143 Å². The van der Waals surface area contributed by atoms with Gasteiger partial charge in [0.1, 0.15) is 5.82 Å². The van der Waals surface area contributed by atoms with Crippen LogP contribution in [0.5, 0.6) is 0 Å². The van der Waals surface area contributed by atoms with Crippen molar-refractivity contribution < 1.29 is 9.21 Å². The van der Waals surface area contributed by atoms with Gasteiger partial charge < -0.3 is 19.6 Å². The molecule has 3 heterocycles. The molecule has 0 saturated carbocycles. The highest BCUT2D eigenvalue weighted by Crippen LogP contribution is 2.30. The fourth-order valence-corrected chi connectivity index (χ4v) is 3.41. The topological polar surface area (TPSA) is 61.3 Å². The zero-order valence-electron chi connectivity index (χ0n) is 14.8. The van der Waals surface area contributed by atoms with E-state index in [1.54, 1.807) is 12.1 Å². The van der Waals surface area contributed by atoms with Crippen LogP contribution in [0.1, 0.15) is 55.6 Å². The van der Waals surface area contributed by atoms with Crippen molar-refractivity contribution in [2.45, 2.75) is 39.5 Å². The van der Waals surface area contributed by atoms with Gasteiger partial charge in [0.2, 0.25) is 0 Å². The summed E-state index contributed by atoms with van der Waals surface area (Å²) >= 11 is 0. The highest BCUT2D eigenvalue weighted by Gasteiger charge is 2.24. The van der Waals surface area contributed by atoms with Gasteiger partial charge in [-0.3, -0.25) is 4.79 Å². The third-order valence-electron chi connectivity index (χ3n) is 4.46. The Bertz CT molecular complexity index is 659. The van der Waals surface area contributed by atoms with Crippen molar-refractivity contribution in [2.75, 3.05) is 25.0 Å². The lowest BCUT2D eigenvalue weighted by Gasteiger charge is -2.35. The van der Waals surface area contributed by atoms with E-state index >= 15 is 0 Å². The van der Waals surface area contributed by atoms with Crippen molar-refractivity contribution in [2.24, 2.45) is 5.41 Å². The molecule has 2 aromatic rings. The molecule has 1 aliphatic heterocycles. The van der Waals surface area contributed by atoms with Gasteiger partial charge in [0.05, 0.1) is 6.26 Å². The Morgan fingerprint density at radius 3 is 2.75 bits per heavy atom. The molecule has 0 aliphatic carbocycles. The maximum Gasteiger partial charge on any atom is 0.292 e. The molecule has 0 radical (unpaired) electrons. The number of aromatic amines is 1. The Balaban J connectivity index is 1.54. The van der Waals surface area contributed by atoms with E-state index in [0.717, 1.165) is 25.5 Å². The van der Waals surface area contributed by atoms with Crippen molar-refractivity contribution in [3.8, 4) is 0 Å². The smallest absolute Gasteiger partial charge is 0.292 e. The standard InChI is InChI=1S/C19H27N3O2/c1-19(2,3)13-22-8-6-14(7-9-22)15-11-17(20-12-15)21-18(23)16-5-4-10-24-16/h4-5,10-12,14,20H,6-9,13H2,1-3H3,(H,21,23). The van der Waals surface area contributed by atoms with Crippen LogP contribution in [0.2, 0.25) is 0 Å². The number of likely N-dealkylation sites (tertiary alicyclic amines) is 1. The number of nitrogens with zero attached hydrogens (tertiary/aromatic N) is 1. The average molecular weight is 329 g/mol. The first kappa shape index (κ1) is 16.8. The lowest BCUT2D eigenvalue weighted by atomic mass is 9.89. The summed E-state index contributed by atoms with van der Waals surface area (Å²) in [7, 11) is 0. The van der Waals surface area contributed by atoms with Crippen LogP contribution >= 0.6 is 0 Å². The number of hydrogen-bond acceptors (Lipinski definition) is 3. The number of rotatable bonds is 4. The van der Waals surface area contributed by atoms with Crippen molar-refractivity contribution in [1.82, 2.24) is 9.88 Å². The maximum absolute atomic E-state index is 12.0. The summed E-state index contributed by atoms with van der Waals surface area (Å²) in [5.41, 5.74) is 1.63. The van der Waals surface area contributed by atoms with Gasteiger partial charge >= 0.3 is 0 Å². The molecule has 5 nitrogen and oxygen atoms in total. The minimum atomic E-state index is -0.228. The lowest BCUT2D eigenvalue weighted by Crippen LogP contribution is -2.38. The third kappa shape index (κ3) is 4.29. The van der Waals surface area contributed by atoms with E-state index in [4.69, 9.17) is 4.42 Å². The number of nitrogens with one attached hydrogen (secondary N) is 2. The molecule has 1 amide bonds. The molecule has 2 N–H and O–H groups in total. The van der Waals surface area contributed by atoms with E-state index in [2.05, 4.69) is 36.0 Å². The molecule has 2 aromatic heterocycles. The first-order valence-corrected chi connectivity index (χ1v) is 8.66. The van der Waals surface area contributed by atoms with Crippen molar-refractivity contribution in [3.05, 3.63) is 42.0 Å². The van der Waals surface area contributed by atoms with Gasteiger partial charge in [-0.2, -0.15) is 0 Å². The quantitative estimate of drug-likeness (QED) is 0.888. The second-order valence-corrected chi connectivity index (χ2v) is 7.89. The molecular formula is C19H27N3O2. The second kappa shape index (κ2) is 6.85. The molecule has 0 atom stereocenters. The first-order chi connectivity index (χ1) is 11.4. The molecule has 0 bridgehead atoms. The van der Waals surface area contributed by atoms with Gasteiger partial charge in [0, 0.05) is 12.7 Å². The highest BCUT2D eigenvalue weighted by molar-refractivity contribution is 6.01. The molecular weight excluding hydrogens is 302 g/mol. The number of H-pyrrole nitrogens is 1. The number of amides is 1. The molecule has 5 heteroatoms. The van der Waals surface area contributed by atoms with E-state index in [0.29, 0.717) is 17.1 Å². The van der Waals surface area contributed by atoms with Crippen molar-refractivity contribution in [1.29, 1.82) is 0 Å². The van der Waals surface area contributed by atoms with Crippen LogP contribution in [0.3, 0.4) is 0 Å². The lowest BCUT2D eigenvalue weighted by molar-refractivity contribution is 0.0996. The van der Waals surface area contributed by atoms with E-state index in [9.17, 15) is 4.79 Å². The molecule has 1 fully saturated rings. The summed E-state index contributed by atoms with van der Waals surface area (Å²) in [6.45, 7) is 10.3. The minimum Gasteiger partial charge on any atom is -0.459 e. The average Bonchev–Trinajstić information content (AvgIpc) is 3.17. The molecule has 1 aliphatic rings. The first-order valence-electron chi connectivity index (χ1n) is 8.66. The Morgan fingerprint density at radius 2 is 2.12 bits per heavy atom. The largest absolute Gasteiger partial charge is 0.459 e. The Hall–Kier alpha value is -2.01. The molecule has 0 aromatic carbocycles. The van der Waals surface area contributed by atoms with Crippen molar-refractivity contribution in [3.63, 3.8) is 0 Å². The van der Waals surface area contributed by atoms with Crippen LogP contribution < -0.4 is 5.32 Å². The van der Waals surface area contributed by atoms with Crippen LogP contribution in [0.4, 0.5) is 5.82 Å². The van der Waals surface area contributed by atoms with Crippen LogP contribution in [-0.4, -0.2) is 35.4 Å². The normalized spacial score (nSPS) is 17.1. The highest BCUT2D eigenvalue weighted by atomic mass is 16.3. The minimum absolute atomic E-state index is 0.228. The van der Waals surface area contributed by atoms with E-state index in [-0.39, 0.29) is 5.91 Å². The zero-order chi connectivity index (χ0) is 17.2. The number of hydrogen-bond donors (Lipinski definition) is 2. The number of carbonyl (C=O) groups excluding carboxylic acids is 1. The predicted molar refractivity (Wildman–Crippen MR) is 95.3 cm³/mol. The predicted octanol–water partition coefficient (Wildman–Crippen LogP) is 4.09. The Kier molecular flexibility index (Phi) is 4.81. The molecule has 130 valence electrons. The van der Waals surface area contributed by atoms with Gasteiger partial charge in [-0.1, -0.05) is 20.8 Å². The number of aromatic nitrogens is 1. The molecule has 3 rings (SSSR count). The summed E-state index contributed by atoms with van der Waals surface area (Å²) in [5.74, 6) is 1.38. The van der Waals surface area contributed by atoms with Gasteiger partial charge in [-0.05, 0) is 61.0 Å². The van der Waals surface area contributed by atoms with E-state index in [1.165, 1.54) is 24.7 Å². The van der Waals surface area contributed by atoms with Crippen LogP contribution in [0.15, 0.2) is 35.1 Å². The molecule has 0 unspecified atom stereocenters. The maximum atomic E-state index is 12.0. The summed E-state index contributed by atoms with van der Waals surface area (Å²) < 4.78 is 5.11. The fraction of sp³-hybridized carbons (Fsp3) is 0.526.